The van der Waals surface area contributed by atoms with Crippen molar-refractivity contribution in [3.05, 3.63) is 42.0 Å². The molecular formula is C32H44N2O7. The molecule has 1 aromatic carbocycles. The number of nitrogens with one attached hydrogen (secondary N) is 1. The van der Waals surface area contributed by atoms with Gasteiger partial charge in [0.05, 0.1) is 39.5 Å². The van der Waals surface area contributed by atoms with Gasteiger partial charge in [0.2, 0.25) is 5.91 Å². The molecule has 9 nitrogen and oxygen atoms in total. The van der Waals surface area contributed by atoms with Crippen LogP contribution in [0.15, 0.2) is 36.4 Å². The van der Waals surface area contributed by atoms with Crippen LogP contribution >= 0.6 is 0 Å². The Hall–Kier alpha value is -2.88. The molecule has 2 heterocycles. The van der Waals surface area contributed by atoms with E-state index in [4.69, 9.17) is 14.2 Å². The fourth-order valence-corrected chi connectivity index (χ4v) is 5.68. The molecule has 4 unspecified atom stereocenters. The van der Waals surface area contributed by atoms with E-state index in [2.05, 4.69) is 17.5 Å². The molecule has 2 fully saturated rings. The summed E-state index contributed by atoms with van der Waals surface area (Å²) in [6.07, 6.45) is 7.08. The molecule has 0 bridgehead atoms. The summed E-state index contributed by atoms with van der Waals surface area (Å²) in [5, 5.41) is 2.93. The van der Waals surface area contributed by atoms with Crippen LogP contribution in [-0.4, -0.2) is 86.4 Å². The van der Waals surface area contributed by atoms with Gasteiger partial charge in [0.1, 0.15) is 17.1 Å². The number of carbonyl (C=O) groups excluding carboxylic acids is 4. The highest BCUT2D eigenvalue weighted by Crippen LogP contribution is 2.36. The van der Waals surface area contributed by atoms with Crippen molar-refractivity contribution in [3.8, 4) is 5.75 Å². The molecule has 0 saturated carbocycles. The monoisotopic (exact) mass is 568 g/mol. The van der Waals surface area contributed by atoms with Crippen molar-refractivity contribution in [2.45, 2.75) is 64.0 Å². The van der Waals surface area contributed by atoms with E-state index in [-0.39, 0.29) is 49.1 Å². The number of carbonyl (C=O) groups is 4. The molecule has 1 N–H and O–H groups in total. The van der Waals surface area contributed by atoms with Gasteiger partial charge in [0, 0.05) is 37.8 Å². The summed E-state index contributed by atoms with van der Waals surface area (Å²) in [4.78, 5) is 55.2. The van der Waals surface area contributed by atoms with E-state index in [0.29, 0.717) is 51.0 Å². The lowest BCUT2D eigenvalue weighted by Crippen LogP contribution is -2.46. The van der Waals surface area contributed by atoms with E-state index in [1.54, 1.807) is 21.0 Å². The molecule has 224 valence electrons. The number of epoxide rings is 1. The minimum atomic E-state index is -0.822. The van der Waals surface area contributed by atoms with Gasteiger partial charge in [0.15, 0.2) is 11.6 Å². The third-order valence-electron chi connectivity index (χ3n) is 8.43. The fraction of sp³-hybridized carbons (Fsp3) is 0.625. The maximum Gasteiger partial charge on any atom is 0.223 e. The van der Waals surface area contributed by atoms with Gasteiger partial charge in [-0.1, -0.05) is 31.2 Å². The summed E-state index contributed by atoms with van der Waals surface area (Å²) in [6.45, 7) is 6.77. The van der Waals surface area contributed by atoms with E-state index >= 15 is 0 Å². The van der Waals surface area contributed by atoms with Crippen molar-refractivity contribution >= 4 is 23.3 Å². The molecule has 3 aliphatic rings. The number of hydrogen-bond donors (Lipinski definition) is 1. The van der Waals surface area contributed by atoms with Crippen molar-refractivity contribution in [2.24, 2.45) is 17.8 Å². The van der Waals surface area contributed by atoms with Gasteiger partial charge in [-0.2, -0.15) is 0 Å². The van der Waals surface area contributed by atoms with Gasteiger partial charge >= 0.3 is 0 Å². The molecule has 0 aromatic heterocycles. The Morgan fingerprint density at radius 1 is 1.07 bits per heavy atom. The average Bonchev–Trinajstić information content (AvgIpc) is 3.51. The zero-order chi connectivity index (χ0) is 29.4. The minimum Gasteiger partial charge on any atom is -0.497 e. The van der Waals surface area contributed by atoms with Crippen LogP contribution in [0.4, 0.5) is 0 Å². The lowest BCUT2D eigenvalue weighted by atomic mass is 9.81. The molecule has 4 rings (SSSR count). The summed E-state index contributed by atoms with van der Waals surface area (Å²) in [5.74, 6) is -0.608. The largest absolute Gasteiger partial charge is 0.497 e. The maximum atomic E-state index is 13.8. The number of nitrogens with zero attached hydrogens (tertiary/aromatic N) is 1. The summed E-state index contributed by atoms with van der Waals surface area (Å²) in [7, 11) is 1.59. The van der Waals surface area contributed by atoms with Crippen molar-refractivity contribution in [1.29, 1.82) is 0 Å². The number of ketones is 3. The Bertz CT molecular complexity index is 1100. The van der Waals surface area contributed by atoms with Crippen LogP contribution in [0.25, 0.3) is 0 Å². The minimum absolute atomic E-state index is 0.0129. The Kier molecular flexibility index (Phi) is 10.9. The molecule has 1 amide bonds. The van der Waals surface area contributed by atoms with E-state index in [0.717, 1.165) is 18.4 Å². The molecular weight excluding hydrogens is 524 g/mol. The number of Topliss-reactive ketones (excluding diaryl/α,β-unsaturated/α-hetero) is 3. The smallest absolute Gasteiger partial charge is 0.223 e. The number of amides is 1. The topological polar surface area (TPSA) is 115 Å². The van der Waals surface area contributed by atoms with E-state index in [9.17, 15) is 19.2 Å². The molecule has 41 heavy (non-hydrogen) atoms. The van der Waals surface area contributed by atoms with Crippen molar-refractivity contribution in [1.82, 2.24) is 10.2 Å². The first-order chi connectivity index (χ1) is 19.7. The van der Waals surface area contributed by atoms with Gasteiger partial charge in [-0.25, -0.2) is 0 Å². The van der Waals surface area contributed by atoms with Crippen LogP contribution in [0, 0.1) is 17.8 Å². The molecule has 4 atom stereocenters. The van der Waals surface area contributed by atoms with E-state index in [1.807, 2.05) is 29.2 Å². The average molecular weight is 569 g/mol. The summed E-state index contributed by atoms with van der Waals surface area (Å²) in [6, 6.07) is 6.54. The summed E-state index contributed by atoms with van der Waals surface area (Å²) >= 11 is 0. The van der Waals surface area contributed by atoms with Crippen LogP contribution < -0.4 is 10.1 Å². The highest BCUT2D eigenvalue weighted by atomic mass is 16.6. The lowest BCUT2D eigenvalue weighted by Gasteiger charge is -2.26. The van der Waals surface area contributed by atoms with Gasteiger partial charge in [0.25, 0.3) is 0 Å². The van der Waals surface area contributed by atoms with Crippen LogP contribution in [0.1, 0.15) is 51.5 Å². The highest BCUT2D eigenvalue weighted by molar-refractivity contribution is 5.97. The highest BCUT2D eigenvalue weighted by Gasteiger charge is 2.50. The van der Waals surface area contributed by atoms with Gasteiger partial charge in [-0.15, -0.1) is 0 Å². The molecule has 1 aliphatic carbocycles. The van der Waals surface area contributed by atoms with Gasteiger partial charge in [-0.05, 0) is 56.2 Å². The van der Waals surface area contributed by atoms with Crippen molar-refractivity contribution < 1.29 is 33.4 Å². The lowest BCUT2D eigenvalue weighted by molar-refractivity contribution is -0.134. The SMILES string of the molecule is COc1ccc(CC(NC(=O)C(C)CC(=O)CN2CCOCC2)C(=O)CC(CC2CC=CC2)C(=O)C2(C)CO2)cc1. The molecule has 1 aromatic rings. The number of rotatable bonds is 16. The van der Waals surface area contributed by atoms with Crippen LogP contribution in [0.3, 0.4) is 0 Å². The van der Waals surface area contributed by atoms with E-state index < -0.39 is 23.5 Å². The standard InChI is InChI=1S/C32H44N2O7/c1-22(16-26(35)20-34-12-14-40-15-13-34)31(38)33-28(18-24-8-10-27(39-3)11-9-24)29(36)19-25(17-23-6-4-5-7-23)30(37)32(2)21-41-32/h4-5,8-11,22-23,25,28H,6-7,12-21H2,1-3H3,(H,33,38). The number of methoxy groups -OCH3 is 1. The third kappa shape index (κ3) is 9.05. The number of benzene rings is 1. The van der Waals surface area contributed by atoms with Crippen molar-refractivity contribution in [3.63, 3.8) is 0 Å². The zero-order valence-electron chi connectivity index (χ0n) is 24.6. The molecule has 2 aliphatic heterocycles. The predicted molar refractivity (Wildman–Crippen MR) is 154 cm³/mol. The predicted octanol–water partition coefficient (Wildman–Crippen LogP) is 2.94. The van der Waals surface area contributed by atoms with Gasteiger partial charge < -0.3 is 19.5 Å². The van der Waals surface area contributed by atoms with E-state index in [1.165, 1.54) is 0 Å². The molecule has 9 heteroatoms. The normalized spacial score (nSPS) is 23.0. The number of hydrogen-bond acceptors (Lipinski definition) is 8. The second-order valence-electron chi connectivity index (χ2n) is 11.9. The maximum absolute atomic E-state index is 13.8. The number of ether oxygens (including phenoxy) is 3. The van der Waals surface area contributed by atoms with Crippen LogP contribution in [-0.2, 0) is 35.1 Å². The Labute approximate surface area is 243 Å². The first kappa shape index (κ1) is 31.1. The Morgan fingerprint density at radius 2 is 1.73 bits per heavy atom. The molecule has 2 saturated heterocycles. The quantitative estimate of drug-likeness (QED) is 0.239. The van der Waals surface area contributed by atoms with Crippen molar-refractivity contribution in [2.75, 3.05) is 46.6 Å². The fourth-order valence-electron chi connectivity index (χ4n) is 5.68. The third-order valence-corrected chi connectivity index (χ3v) is 8.43. The van der Waals surface area contributed by atoms with Crippen LogP contribution in [0.2, 0.25) is 0 Å². The number of morpholine rings is 1. The summed E-state index contributed by atoms with van der Waals surface area (Å²) in [5.41, 5.74) is 0.0435. The second kappa shape index (κ2) is 14.3. The summed E-state index contributed by atoms with van der Waals surface area (Å²) < 4.78 is 16.0. The Balaban J connectivity index is 1.43. The Morgan fingerprint density at radius 3 is 2.34 bits per heavy atom. The molecule has 0 spiro atoms. The zero-order valence-corrected chi connectivity index (χ0v) is 24.6. The first-order valence-electron chi connectivity index (χ1n) is 14.8. The number of allylic oxidation sites excluding steroid dienone is 2. The van der Waals surface area contributed by atoms with Gasteiger partial charge in [-0.3, -0.25) is 24.1 Å². The second-order valence-corrected chi connectivity index (χ2v) is 11.9. The molecule has 0 radical (unpaired) electrons. The first-order valence-corrected chi connectivity index (χ1v) is 14.8. The van der Waals surface area contributed by atoms with Crippen LogP contribution in [0.5, 0.6) is 5.75 Å².